The molecule has 0 aliphatic heterocycles. The Balaban J connectivity index is 1.70. The molecule has 0 aliphatic rings. The van der Waals surface area contributed by atoms with E-state index in [2.05, 4.69) is 5.32 Å². The monoisotopic (exact) mass is 506 g/mol. The Kier molecular flexibility index (Phi) is 8.45. The number of amides is 1. The summed E-state index contributed by atoms with van der Waals surface area (Å²) in [6.45, 7) is 3.87. The first kappa shape index (κ1) is 26.6. The van der Waals surface area contributed by atoms with E-state index in [4.69, 9.17) is 0 Å². The van der Waals surface area contributed by atoms with E-state index in [-0.39, 0.29) is 18.4 Å². The van der Waals surface area contributed by atoms with Crippen LogP contribution in [0, 0.1) is 11.7 Å². The van der Waals surface area contributed by atoms with Crippen LogP contribution in [0.4, 0.5) is 17.6 Å². The minimum atomic E-state index is -4.40. The Morgan fingerprint density at radius 3 is 2.17 bits per heavy atom. The van der Waals surface area contributed by atoms with Crippen LogP contribution in [0.5, 0.6) is 0 Å². The molecular weight excluding hydrogens is 480 g/mol. The largest absolute Gasteiger partial charge is 0.416 e. The second-order valence-electron chi connectivity index (χ2n) is 8.43. The van der Waals surface area contributed by atoms with E-state index in [9.17, 15) is 26.6 Å². The van der Waals surface area contributed by atoms with Crippen molar-refractivity contribution in [1.29, 1.82) is 0 Å². The Morgan fingerprint density at radius 1 is 0.971 bits per heavy atom. The molecule has 35 heavy (non-hydrogen) atoms. The number of likely N-dealkylation sites (N-methyl/N-ethyl adjacent to an activating group) is 1. The van der Waals surface area contributed by atoms with Crippen LogP contribution in [0.3, 0.4) is 0 Å². The van der Waals surface area contributed by atoms with Crippen LogP contribution in [0.15, 0.2) is 77.7 Å². The van der Waals surface area contributed by atoms with Gasteiger partial charge in [0, 0.05) is 13.6 Å². The number of rotatable bonds is 8. The van der Waals surface area contributed by atoms with E-state index < -0.39 is 34.6 Å². The molecule has 1 N–H and O–H groups in total. The van der Waals surface area contributed by atoms with Gasteiger partial charge in [0.2, 0.25) is 5.91 Å². The highest BCUT2D eigenvalue weighted by Crippen LogP contribution is 2.31. The zero-order valence-electron chi connectivity index (χ0n) is 19.5. The van der Waals surface area contributed by atoms with Crippen LogP contribution in [0.1, 0.15) is 25.0 Å². The van der Waals surface area contributed by atoms with E-state index >= 15 is 0 Å². The average Bonchev–Trinajstić information content (AvgIpc) is 2.82. The topological polar surface area (TPSA) is 49.4 Å². The van der Waals surface area contributed by atoms with Crippen molar-refractivity contribution in [2.24, 2.45) is 5.92 Å². The summed E-state index contributed by atoms with van der Waals surface area (Å²) in [4.78, 5) is 13.4. The van der Waals surface area contributed by atoms with Crippen molar-refractivity contribution >= 4 is 16.9 Å². The molecule has 186 valence electrons. The lowest BCUT2D eigenvalue weighted by molar-refractivity contribution is -0.137. The highest BCUT2D eigenvalue weighted by atomic mass is 32.2. The van der Waals surface area contributed by atoms with Gasteiger partial charge >= 0.3 is 6.18 Å². The fourth-order valence-corrected chi connectivity index (χ4v) is 4.96. The Bertz CT molecular complexity index is 1180. The van der Waals surface area contributed by atoms with Gasteiger partial charge in [-0.05, 0) is 65.1 Å². The summed E-state index contributed by atoms with van der Waals surface area (Å²) in [5.41, 5.74) is 1.40. The number of nitrogens with zero attached hydrogens (tertiary/aromatic N) is 1. The standard InChI is InChI=1S/C26H26F4N2O2S/c1-17(2)24(32(3)35(34)23-13-11-22(27)12-14-23)25(33)31-16-18-5-4-6-20(15-18)19-7-9-21(10-8-19)26(28,29)30/h4-15,17,24H,16H2,1-3H3,(H,31,33). The second-order valence-corrected chi connectivity index (χ2v) is 9.98. The third kappa shape index (κ3) is 6.76. The number of alkyl halides is 3. The van der Waals surface area contributed by atoms with Gasteiger partial charge in [-0.2, -0.15) is 13.2 Å². The zero-order chi connectivity index (χ0) is 25.8. The van der Waals surface area contributed by atoms with Crippen LogP contribution in [-0.4, -0.2) is 27.5 Å². The third-order valence-electron chi connectivity index (χ3n) is 5.51. The number of nitrogens with one attached hydrogen (secondary N) is 1. The Hall–Kier alpha value is -3.04. The molecule has 0 radical (unpaired) electrons. The molecule has 3 aromatic rings. The van der Waals surface area contributed by atoms with Crippen molar-refractivity contribution in [3.63, 3.8) is 0 Å². The molecule has 0 aromatic heterocycles. The molecule has 0 spiro atoms. The smallest absolute Gasteiger partial charge is 0.351 e. The SMILES string of the molecule is CC(C)C(C(=O)NCc1cccc(-c2ccc(C(F)(F)F)cc2)c1)N(C)S(=O)c1ccc(F)cc1. The number of hydrogen-bond acceptors (Lipinski definition) is 2. The summed E-state index contributed by atoms with van der Waals surface area (Å²) in [6.07, 6.45) is -4.40. The molecule has 4 nitrogen and oxygen atoms in total. The molecule has 3 aromatic carbocycles. The van der Waals surface area contributed by atoms with E-state index in [0.29, 0.717) is 10.5 Å². The van der Waals surface area contributed by atoms with E-state index in [1.807, 2.05) is 13.8 Å². The predicted octanol–water partition coefficient (Wildman–Crippen LogP) is 5.81. The van der Waals surface area contributed by atoms with Crippen molar-refractivity contribution in [3.8, 4) is 11.1 Å². The van der Waals surface area contributed by atoms with Gasteiger partial charge in [0.25, 0.3) is 0 Å². The lowest BCUT2D eigenvalue weighted by Gasteiger charge is -2.29. The number of benzene rings is 3. The van der Waals surface area contributed by atoms with Crippen LogP contribution < -0.4 is 5.32 Å². The molecule has 3 rings (SSSR count). The minimum absolute atomic E-state index is 0.164. The maximum atomic E-state index is 13.2. The van der Waals surface area contributed by atoms with Gasteiger partial charge < -0.3 is 5.32 Å². The van der Waals surface area contributed by atoms with E-state index in [1.54, 1.807) is 31.3 Å². The van der Waals surface area contributed by atoms with Crippen LogP contribution in [-0.2, 0) is 28.5 Å². The zero-order valence-corrected chi connectivity index (χ0v) is 20.3. The number of carbonyl (C=O) groups is 1. The molecule has 1 amide bonds. The second kappa shape index (κ2) is 11.1. The molecular formula is C26H26F4N2O2S. The normalized spacial score (nSPS) is 13.6. The molecule has 9 heteroatoms. The van der Waals surface area contributed by atoms with Crippen molar-refractivity contribution in [1.82, 2.24) is 9.62 Å². The highest BCUT2D eigenvalue weighted by Gasteiger charge is 2.31. The summed E-state index contributed by atoms with van der Waals surface area (Å²) in [7, 11) is -0.0887. The van der Waals surface area contributed by atoms with Gasteiger partial charge in [-0.1, -0.05) is 44.2 Å². The summed E-state index contributed by atoms with van der Waals surface area (Å²) in [5, 5.41) is 2.86. The third-order valence-corrected chi connectivity index (χ3v) is 6.93. The molecule has 2 atom stereocenters. The summed E-state index contributed by atoms with van der Waals surface area (Å²) in [6, 6.07) is 16.6. The fourth-order valence-electron chi connectivity index (χ4n) is 3.71. The van der Waals surface area contributed by atoms with Crippen LogP contribution in [0.25, 0.3) is 11.1 Å². The quantitative estimate of drug-likeness (QED) is 0.392. The van der Waals surface area contributed by atoms with Crippen molar-refractivity contribution < 1.29 is 26.6 Å². The molecule has 0 saturated heterocycles. The maximum Gasteiger partial charge on any atom is 0.416 e. The molecule has 0 fully saturated rings. The molecule has 0 saturated carbocycles. The van der Waals surface area contributed by atoms with Gasteiger partial charge in [-0.3, -0.25) is 4.79 Å². The molecule has 2 unspecified atom stereocenters. The minimum Gasteiger partial charge on any atom is -0.351 e. The average molecular weight is 507 g/mol. The van der Waals surface area contributed by atoms with Gasteiger partial charge in [0.05, 0.1) is 10.5 Å². The van der Waals surface area contributed by atoms with Gasteiger partial charge in [0.15, 0.2) is 0 Å². The van der Waals surface area contributed by atoms with Gasteiger partial charge in [-0.15, -0.1) is 0 Å². The molecule has 0 aliphatic carbocycles. The lowest BCUT2D eigenvalue weighted by atomic mass is 10.0. The number of carbonyl (C=O) groups excluding carboxylic acids is 1. The Morgan fingerprint density at radius 2 is 1.60 bits per heavy atom. The van der Waals surface area contributed by atoms with Crippen molar-refractivity contribution in [3.05, 3.63) is 89.7 Å². The van der Waals surface area contributed by atoms with Gasteiger partial charge in [0.1, 0.15) is 22.8 Å². The van der Waals surface area contributed by atoms with Crippen molar-refractivity contribution in [2.45, 2.75) is 37.5 Å². The summed E-state index contributed by atoms with van der Waals surface area (Å²) in [5.74, 6) is -0.925. The maximum absolute atomic E-state index is 13.2. The van der Waals surface area contributed by atoms with Crippen LogP contribution in [0.2, 0.25) is 0 Å². The van der Waals surface area contributed by atoms with Gasteiger partial charge in [-0.25, -0.2) is 12.9 Å². The summed E-state index contributed by atoms with van der Waals surface area (Å²) >= 11 is 0. The molecule has 0 heterocycles. The van der Waals surface area contributed by atoms with E-state index in [1.165, 1.54) is 40.7 Å². The van der Waals surface area contributed by atoms with Crippen molar-refractivity contribution in [2.75, 3.05) is 7.05 Å². The number of hydrogen-bond donors (Lipinski definition) is 1. The van der Waals surface area contributed by atoms with E-state index in [0.717, 1.165) is 23.3 Å². The first-order chi connectivity index (χ1) is 16.5. The first-order valence-electron chi connectivity index (χ1n) is 10.9. The first-order valence-corrected chi connectivity index (χ1v) is 12.0. The fraction of sp³-hybridized carbons (Fsp3) is 0.269. The molecule has 0 bridgehead atoms. The lowest BCUT2D eigenvalue weighted by Crippen LogP contribution is -2.48. The predicted molar refractivity (Wildman–Crippen MR) is 128 cm³/mol. The highest BCUT2D eigenvalue weighted by molar-refractivity contribution is 7.82. The number of halogens is 4. The summed E-state index contributed by atoms with van der Waals surface area (Å²) < 4.78 is 66.1. The van der Waals surface area contributed by atoms with Crippen LogP contribution >= 0.6 is 0 Å². The Labute approximate surface area is 204 Å².